The third kappa shape index (κ3) is 2.18. The van der Waals surface area contributed by atoms with Crippen molar-refractivity contribution in [3.8, 4) is 0 Å². The number of rotatable bonds is 2. The van der Waals surface area contributed by atoms with Gasteiger partial charge in [-0.1, -0.05) is 0 Å². The number of imidazole rings is 1. The maximum Gasteiger partial charge on any atom is 0.328 e. The van der Waals surface area contributed by atoms with Gasteiger partial charge >= 0.3 is 5.69 Å². The lowest BCUT2D eigenvalue weighted by Gasteiger charge is -2.32. The molecule has 120 valence electrons. The van der Waals surface area contributed by atoms with Crippen molar-refractivity contribution in [3.05, 3.63) is 28.7 Å². The van der Waals surface area contributed by atoms with Crippen LogP contribution in [0.4, 0.5) is 0 Å². The van der Waals surface area contributed by atoms with Crippen molar-refractivity contribution >= 4 is 21.1 Å². The van der Waals surface area contributed by atoms with Crippen LogP contribution in [0, 0.1) is 0 Å². The standard InChI is InChI=1S/C14H19N3O4S/c1-10-9-21-7-6-17(10)22(19,20)11-4-5-12-13(8-11)16(3)14(18)15(12)2/h4-5,8,10H,6-7,9H2,1-3H3/t10-/m1/s1. The molecule has 2 aromatic rings. The Labute approximate surface area is 128 Å². The van der Waals surface area contributed by atoms with E-state index in [1.165, 1.54) is 13.4 Å². The van der Waals surface area contributed by atoms with Gasteiger partial charge in [-0.2, -0.15) is 4.31 Å². The van der Waals surface area contributed by atoms with Gasteiger partial charge in [0.1, 0.15) is 0 Å². The maximum atomic E-state index is 12.8. The van der Waals surface area contributed by atoms with Crippen molar-refractivity contribution < 1.29 is 13.2 Å². The maximum absolute atomic E-state index is 12.8. The quantitative estimate of drug-likeness (QED) is 0.795. The molecule has 22 heavy (non-hydrogen) atoms. The van der Waals surface area contributed by atoms with E-state index in [4.69, 9.17) is 4.74 Å². The summed E-state index contributed by atoms with van der Waals surface area (Å²) in [7, 11) is -0.287. The fraction of sp³-hybridized carbons (Fsp3) is 0.500. The lowest BCUT2D eigenvalue weighted by atomic mass is 10.3. The van der Waals surface area contributed by atoms with E-state index in [0.717, 1.165) is 0 Å². The third-order valence-electron chi connectivity index (χ3n) is 4.16. The second-order valence-electron chi connectivity index (χ2n) is 5.59. The number of sulfonamides is 1. The Morgan fingerprint density at radius 1 is 1.18 bits per heavy atom. The molecule has 1 atom stereocenters. The zero-order chi connectivity index (χ0) is 16.1. The van der Waals surface area contributed by atoms with E-state index in [2.05, 4.69) is 0 Å². The highest BCUT2D eigenvalue weighted by molar-refractivity contribution is 7.89. The number of aromatic nitrogens is 2. The number of morpholine rings is 1. The van der Waals surface area contributed by atoms with E-state index < -0.39 is 10.0 Å². The van der Waals surface area contributed by atoms with Gasteiger partial charge in [-0.05, 0) is 25.1 Å². The number of aryl methyl sites for hydroxylation is 2. The topological polar surface area (TPSA) is 73.5 Å². The smallest absolute Gasteiger partial charge is 0.328 e. The molecule has 2 heterocycles. The molecule has 0 unspecified atom stereocenters. The van der Waals surface area contributed by atoms with Gasteiger partial charge in [0, 0.05) is 26.7 Å². The molecule has 0 saturated carbocycles. The lowest BCUT2D eigenvalue weighted by molar-refractivity contribution is 0.0393. The zero-order valence-electron chi connectivity index (χ0n) is 12.8. The molecule has 7 nitrogen and oxygen atoms in total. The van der Waals surface area contributed by atoms with Crippen LogP contribution in [-0.4, -0.2) is 47.7 Å². The van der Waals surface area contributed by atoms with Gasteiger partial charge in [0.2, 0.25) is 10.0 Å². The highest BCUT2D eigenvalue weighted by atomic mass is 32.2. The van der Waals surface area contributed by atoms with Crippen molar-refractivity contribution in [3.63, 3.8) is 0 Å². The molecule has 0 bridgehead atoms. The number of hydrogen-bond acceptors (Lipinski definition) is 4. The van der Waals surface area contributed by atoms with Gasteiger partial charge in [0.25, 0.3) is 0 Å². The van der Waals surface area contributed by atoms with E-state index in [-0.39, 0.29) is 16.6 Å². The summed E-state index contributed by atoms with van der Waals surface area (Å²) in [6.45, 7) is 2.96. The first-order valence-electron chi connectivity index (χ1n) is 7.09. The Kier molecular flexibility index (Phi) is 3.62. The number of hydrogen-bond donors (Lipinski definition) is 0. The van der Waals surface area contributed by atoms with Crippen LogP contribution in [0.25, 0.3) is 11.0 Å². The Hall–Kier alpha value is -1.64. The number of fused-ring (bicyclic) bond motifs is 1. The summed E-state index contributed by atoms with van der Waals surface area (Å²) in [6, 6.07) is 4.59. The summed E-state index contributed by atoms with van der Waals surface area (Å²) in [5.41, 5.74) is 1.14. The van der Waals surface area contributed by atoms with Crippen molar-refractivity contribution in [2.75, 3.05) is 19.8 Å². The molecule has 8 heteroatoms. The zero-order valence-corrected chi connectivity index (χ0v) is 13.6. The van der Waals surface area contributed by atoms with E-state index in [1.807, 2.05) is 6.92 Å². The number of ether oxygens (including phenoxy) is 1. The van der Waals surface area contributed by atoms with Crippen LogP contribution in [0.2, 0.25) is 0 Å². The van der Waals surface area contributed by atoms with Crippen LogP contribution in [0.15, 0.2) is 27.9 Å². The first kappa shape index (κ1) is 15.3. The molecule has 1 aliphatic heterocycles. The summed E-state index contributed by atoms with van der Waals surface area (Å²) >= 11 is 0. The molecule has 1 fully saturated rings. The minimum Gasteiger partial charge on any atom is -0.378 e. The Morgan fingerprint density at radius 2 is 1.86 bits per heavy atom. The summed E-state index contributed by atoms with van der Waals surface area (Å²) in [5, 5.41) is 0. The molecule has 3 rings (SSSR count). The van der Waals surface area contributed by atoms with Crippen molar-refractivity contribution in [2.45, 2.75) is 17.9 Å². The van der Waals surface area contributed by atoms with E-state index in [9.17, 15) is 13.2 Å². The molecule has 1 aliphatic rings. The van der Waals surface area contributed by atoms with Crippen molar-refractivity contribution in [2.24, 2.45) is 14.1 Å². The fourth-order valence-electron chi connectivity index (χ4n) is 2.85. The van der Waals surface area contributed by atoms with E-state index >= 15 is 0 Å². The molecule has 1 saturated heterocycles. The summed E-state index contributed by atoms with van der Waals surface area (Å²) in [5.74, 6) is 0. The van der Waals surface area contributed by atoms with Gasteiger partial charge in [0.05, 0.1) is 29.1 Å². The molecule has 0 N–H and O–H groups in total. The third-order valence-corrected chi connectivity index (χ3v) is 6.17. The van der Waals surface area contributed by atoms with Crippen LogP contribution in [0.5, 0.6) is 0 Å². The summed E-state index contributed by atoms with van der Waals surface area (Å²) in [4.78, 5) is 12.2. The monoisotopic (exact) mass is 325 g/mol. The minimum absolute atomic E-state index is 0.177. The van der Waals surface area contributed by atoms with Crippen LogP contribution in [-0.2, 0) is 28.9 Å². The Bertz CT molecular complexity index is 881. The molecule has 0 radical (unpaired) electrons. The highest BCUT2D eigenvalue weighted by Gasteiger charge is 2.31. The molecule has 1 aromatic carbocycles. The predicted octanol–water partition coefficient (Wildman–Crippen LogP) is 0.286. The normalized spacial score (nSPS) is 20.6. The van der Waals surface area contributed by atoms with Crippen molar-refractivity contribution in [1.82, 2.24) is 13.4 Å². The van der Waals surface area contributed by atoms with Gasteiger partial charge in [0.15, 0.2) is 0 Å². The first-order chi connectivity index (χ1) is 10.3. The van der Waals surface area contributed by atoms with Gasteiger partial charge in [-0.25, -0.2) is 13.2 Å². The second-order valence-corrected chi connectivity index (χ2v) is 7.48. The first-order valence-corrected chi connectivity index (χ1v) is 8.53. The largest absolute Gasteiger partial charge is 0.378 e. The number of nitrogens with zero attached hydrogens (tertiary/aromatic N) is 3. The average Bonchev–Trinajstić information content (AvgIpc) is 2.72. The molecular weight excluding hydrogens is 306 g/mol. The van der Waals surface area contributed by atoms with Crippen molar-refractivity contribution in [1.29, 1.82) is 0 Å². The lowest BCUT2D eigenvalue weighted by Crippen LogP contribution is -2.46. The van der Waals surface area contributed by atoms with E-state index in [0.29, 0.717) is 30.8 Å². The van der Waals surface area contributed by atoms with Gasteiger partial charge in [-0.3, -0.25) is 9.13 Å². The van der Waals surface area contributed by atoms with Gasteiger partial charge < -0.3 is 4.74 Å². The fourth-order valence-corrected chi connectivity index (χ4v) is 4.47. The Morgan fingerprint density at radius 3 is 2.55 bits per heavy atom. The number of benzene rings is 1. The molecule has 0 amide bonds. The highest BCUT2D eigenvalue weighted by Crippen LogP contribution is 2.23. The minimum atomic E-state index is -3.59. The SMILES string of the molecule is C[C@@H]1COCCN1S(=O)(=O)c1ccc2c(c1)n(C)c(=O)n2C. The molecule has 0 spiro atoms. The summed E-state index contributed by atoms with van der Waals surface area (Å²) < 4.78 is 35.4. The second kappa shape index (κ2) is 5.22. The van der Waals surface area contributed by atoms with Crippen LogP contribution < -0.4 is 5.69 Å². The molecular formula is C14H19N3O4S. The average molecular weight is 325 g/mol. The summed E-state index contributed by atoms with van der Waals surface area (Å²) in [6.07, 6.45) is 0. The Balaban J connectivity index is 2.13. The van der Waals surface area contributed by atoms with Crippen LogP contribution >= 0.6 is 0 Å². The van der Waals surface area contributed by atoms with Crippen LogP contribution in [0.3, 0.4) is 0 Å². The molecule has 0 aliphatic carbocycles. The van der Waals surface area contributed by atoms with Gasteiger partial charge in [-0.15, -0.1) is 0 Å². The van der Waals surface area contributed by atoms with Crippen LogP contribution in [0.1, 0.15) is 6.92 Å². The van der Waals surface area contributed by atoms with E-state index in [1.54, 1.807) is 32.3 Å². The molecule has 1 aromatic heterocycles. The predicted molar refractivity (Wildman–Crippen MR) is 82.3 cm³/mol.